The summed E-state index contributed by atoms with van der Waals surface area (Å²) in [6, 6.07) is 15.6. The van der Waals surface area contributed by atoms with Crippen LogP contribution in [0.5, 0.6) is 0 Å². The molecule has 2 N–H and O–H groups in total. The fourth-order valence-electron chi connectivity index (χ4n) is 2.24. The van der Waals surface area contributed by atoms with Gasteiger partial charge in [-0.3, -0.25) is 0 Å². The van der Waals surface area contributed by atoms with Crippen molar-refractivity contribution < 1.29 is 9.90 Å². The highest BCUT2D eigenvalue weighted by Gasteiger charge is 2.12. The lowest BCUT2D eigenvalue weighted by Crippen LogP contribution is -2.14. The van der Waals surface area contributed by atoms with E-state index in [0.29, 0.717) is 5.56 Å². The molecule has 0 fully saturated rings. The third-order valence-corrected chi connectivity index (χ3v) is 3.68. The highest BCUT2D eigenvalue weighted by Crippen LogP contribution is 2.22. The molecule has 3 nitrogen and oxygen atoms in total. The summed E-state index contributed by atoms with van der Waals surface area (Å²) in [5.41, 5.74) is 4.16. The number of nitrogens with one attached hydrogen (secondary N) is 1. The molecule has 0 aromatic heterocycles. The van der Waals surface area contributed by atoms with Gasteiger partial charge in [-0.1, -0.05) is 57.2 Å². The number of rotatable bonds is 5. The van der Waals surface area contributed by atoms with Gasteiger partial charge in [0.1, 0.15) is 0 Å². The van der Waals surface area contributed by atoms with Gasteiger partial charge in [0.2, 0.25) is 0 Å². The van der Waals surface area contributed by atoms with Gasteiger partial charge in [0, 0.05) is 13.1 Å². The van der Waals surface area contributed by atoms with Crippen molar-refractivity contribution in [3.8, 4) is 0 Å². The lowest BCUT2D eigenvalue weighted by molar-refractivity contribution is 0.0697. The van der Waals surface area contributed by atoms with Gasteiger partial charge in [0.15, 0.2) is 0 Å². The molecule has 0 aliphatic heterocycles. The second-order valence-electron chi connectivity index (χ2n) is 6.55. The molecule has 0 unspecified atom stereocenters. The Balaban J connectivity index is 1.87. The van der Waals surface area contributed by atoms with Crippen molar-refractivity contribution in [3.05, 3.63) is 70.8 Å². The Kier molecular flexibility index (Phi) is 4.99. The van der Waals surface area contributed by atoms with Crippen LogP contribution in [0, 0.1) is 0 Å². The van der Waals surface area contributed by atoms with E-state index in [2.05, 4.69) is 50.4 Å². The first-order chi connectivity index (χ1) is 10.4. The lowest BCUT2D eigenvalue weighted by atomic mass is 9.87. The molecule has 0 heterocycles. The molecule has 2 aromatic rings. The molecule has 0 atom stereocenters. The highest BCUT2D eigenvalue weighted by atomic mass is 16.4. The zero-order chi connectivity index (χ0) is 16.2. The first-order valence-corrected chi connectivity index (χ1v) is 7.48. The topological polar surface area (TPSA) is 49.3 Å². The van der Waals surface area contributed by atoms with E-state index in [1.165, 1.54) is 11.1 Å². The largest absolute Gasteiger partial charge is 0.478 e. The highest BCUT2D eigenvalue weighted by molar-refractivity contribution is 5.87. The maximum absolute atomic E-state index is 10.8. The SMILES string of the molecule is CC(C)(C)c1ccc(CNCc2ccc(C(=O)O)cc2)cc1. The summed E-state index contributed by atoms with van der Waals surface area (Å²) < 4.78 is 0. The third-order valence-electron chi connectivity index (χ3n) is 3.68. The quantitative estimate of drug-likeness (QED) is 0.878. The molecule has 2 aromatic carbocycles. The van der Waals surface area contributed by atoms with E-state index in [1.54, 1.807) is 12.1 Å². The number of hydrogen-bond donors (Lipinski definition) is 2. The Morgan fingerprint density at radius 1 is 0.909 bits per heavy atom. The average molecular weight is 297 g/mol. The summed E-state index contributed by atoms with van der Waals surface area (Å²) in [4.78, 5) is 10.8. The molecule has 0 radical (unpaired) electrons. The predicted molar refractivity (Wildman–Crippen MR) is 89.1 cm³/mol. The van der Waals surface area contributed by atoms with E-state index in [1.807, 2.05) is 12.1 Å². The van der Waals surface area contributed by atoms with Crippen LogP contribution in [0.4, 0.5) is 0 Å². The van der Waals surface area contributed by atoms with Crippen LogP contribution in [0.15, 0.2) is 48.5 Å². The first kappa shape index (κ1) is 16.2. The second-order valence-corrected chi connectivity index (χ2v) is 6.55. The Hall–Kier alpha value is -2.13. The van der Waals surface area contributed by atoms with Crippen molar-refractivity contribution in [2.24, 2.45) is 0 Å². The van der Waals surface area contributed by atoms with E-state index in [4.69, 9.17) is 5.11 Å². The van der Waals surface area contributed by atoms with Gasteiger partial charge >= 0.3 is 5.97 Å². The van der Waals surface area contributed by atoms with E-state index in [9.17, 15) is 4.79 Å². The summed E-state index contributed by atoms with van der Waals surface area (Å²) in [7, 11) is 0. The molecule has 0 amide bonds. The zero-order valence-corrected chi connectivity index (χ0v) is 13.4. The second kappa shape index (κ2) is 6.75. The van der Waals surface area contributed by atoms with Crippen LogP contribution in [-0.2, 0) is 18.5 Å². The molecule has 22 heavy (non-hydrogen) atoms. The van der Waals surface area contributed by atoms with Gasteiger partial charge in [0.05, 0.1) is 5.56 Å². The Morgan fingerprint density at radius 3 is 1.77 bits per heavy atom. The van der Waals surface area contributed by atoms with Crippen molar-refractivity contribution in [2.75, 3.05) is 0 Å². The Labute approximate surface area is 132 Å². The number of aromatic carboxylic acids is 1. The minimum absolute atomic E-state index is 0.178. The van der Waals surface area contributed by atoms with E-state index in [-0.39, 0.29) is 5.41 Å². The van der Waals surface area contributed by atoms with Crippen molar-refractivity contribution in [1.82, 2.24) is 5.32 Å². The molecule has 0 aliphatic rings. The monoisotopic (exact) mass is 297 g/mol. The van der Waals surface area contributed by atoms with Crippen LogP contribution in [0.25, 0.3) is 0 Å². The standard InChI is InChI=1S/C19H23NO2/c1-19(2,3)17-10-6-15(7-11-17)13-20-12-14-4-8-16(9-5-14)18(21)22/h4-11,20H,12-13H2,1-3H3,(H,21,22). The molecule has 3 heteroatoms. The number of carbonyl (C=O) groups is 1. The van der Waals surface area contributed by atoms with Crippen molar-refractivity contribution >= 4 is 5.97 Å². The van der Waals surface area contributed by atoms with Crippen molar-refractivity contribution in [2.45, 2.75) is 39.3 Å². The predicted octanol–water partition coefficient (Wildman–Crippen LogP) is 3.97. The van der Waals surface area contributed by atoms with Crippen LogP contribution in [-0.4, -0.2) is 11.1 Å². The van der Waals surface area contributed by atoms with Crippen LogP contribution in [0.3, 0.4) is 0 Å². The van der Waals surface area contributed by atoms with Gasteiger partial charge < -0.3 is 10.4 Å². The fourth-order valence-corrected chi connectivity index (χ4v) is 2.24. The zero-order valence-electron chi connectivity index (χ0n) is 13.4. The van der Waals surface area contributed by atoms with Gasteiger partial charge in [-0.15, -0.1) is 0 Å². The molecule has 0 aliphatic carbocycles. The molecular formula is C19H23NO2. The molecule has 0 saturated heterocycles. The summed E-state index contributed by atoms with van der Waals surface area (Å²) in [5.74, 6) is -0.890. The summed E-state index contributed by atoms with van der Waals surface area (Å²) >= 11 is 0. The first-order valence-electron chi connectivity index (χ1n) is 7.48. The summed E-state index contributed by atoms with van der Waals surface area (Å²) in [6.45, 7) is 8.15. The van der Waals surface area contributed by atoms with E-state index >= 15 is 0 Å². The van der Waals surface area contributed by atoms with Crippen LogP contribution >= 0.6 is 0 Å². The van der Waals surface area contributed by atoms with Gasteiger partial charge in [-0.2, -0.15) is 0 Å². The van der Waals surface area contributed by atoms with Gasteiger partial charge in [0.25, 0.3) is 0 Å². The Morgan fingerprint density at radius 2 is 1.36 bits per heavy atom. The fraction of sp³-hybridized carbons (Fsp3) is 0.316. The van der Waals surface area contributed by atoms with E-state index < -0.39 is 5.97 Å². The number of benzene rings is 2. The van der Waals surface area contributed by atoms with Gasteiger partial charge in [-0.05, 0) is 34.2 Å². The number of carboxylic acid groups (broad SMARTS) is 1. The lowest BCUT2D eigenvalue weighted by Gasteiger charge is -2.19. The molecule has 2 rings (SSSR count). The molecule has 0 saturated carbocycles. The minimum atomic E-state index is -0.890. The normalized spacial score (nSPS) is 11.4. The molecular weight excluding hydrogens is 274 g/mol. The third kappa shape index (κ3) is 4.43. The van der Waals surface area contributed by atoms with Gasteiger partial charge in [-0.25, -0.2) is 4.79 Å². The Bertz CT molecular complexity index is 622. The molecule has 0 spiro atoms. The van der Waals surface area contributed by atoms with Crippen LogP contribution in [0.1, 0.15) is 47.8 Å². The van der Waals surface area contributed by atoms with Crippen LogP contribution in [0.2, 0.25) is 0 Å². The molecule has 116 valence electrons. The summed E-state index contributed by atoms with van der Waals surface area (Å²) in [5, 5.41) is 12.2. The average Bonchev–Trinajstić information content (AvgIpc) is 2.47. The minimum Gasteiger partial charge on any atom is -0.478 e. The van der Waals surface area contributed by atoms with Crippen molar-refractivity contribution in [1.29, 1.82) is 0 Å². The maximum atomic E-state index is 10.8. The smallest absolute Gasteiger partial charge is 0.335 e. The number of carboxylic acids is 1. The maximum Gasteiger partial charge on any atom is 0.335 e. The van der Waals surface area contributed by atoms with Crippen molar-refractivity contribution in [3.63, 3.8) is 0 Å². The summed E-state index contributed by atoms with van der Waals surface area (Å²) in [6.07, 6.45) is 0. The molecule has 0 bridgehead atoms. The van der Waals surface area contributed by atoms with Crippen LogP contribution < -0.4 is 5.32 Å². The van der Waals surface area contributed by atoms with E-state index in [0.717, 1.165) is 18.7 Å². The number of hydrogen-bond acceptors (Lipinski definition) is 2.